The maximum Gasteiger partial charge on any atom is 0.331 e. The lowest BCUT2D eigenvalue weighted by atomic mass is 10.2. The van der Waals surface area contributed by atoms with Crippen molar-refractivity contribution in [1.29, 1.82) is 0 Å². The highest BCUT2D eigenvalue weighted by atomic mass is 35.5. The number of benzene rings is 2. The highest BCUT2D eigenvalue weighted by Gasteiger charge is 2.08. The summed E-state index contributed by atoms with van der Waals surface area (Å²) in [5.74, 6) is 2.22. The molecule has 0 aliphatic carbocycles. The second-order valence-electron chi connectivity index (χ2n) is 5.08. The summed E-state index contributed by atoms with van der Waals surface area (Å²) in [6, 6.07) is 9.23. The van der Waals surface area contributed by atoms with Crippen molar-refractivity contribution < 1.29 is 23.4 Å². The Morgan fingerprint density at radius 2 is 2.08 bits per heavy atom. The van der Waals surface area contributed by atoms with E-state index >= 15 is 0 Å². The average Bonchev–Trinajstić information content (AvgIpc) is 2.64. The summed E-state index contributed by atoms with van der Waals surface area (Å²) in [5.41, 5.74) is 1.33. The number of hydrogen-bond donors (Lipinski definition) is 0. The molecular formula is C20H16ClFO4. The minimum Gasteiger partial charge on any atom is -0.493 e. The molecule has 2 aromatic carbocycles. The Balaban J connectivity index is 2.12. The molecule has 2 aromatic rings. The summed E-state index contributed by atoms with van der Waals surface area (Å²) in [4.78, 5) is 11.5. The van der Waals surface area contributed by atoms with Crippen molar-refractivity contribution in [3.8, 4) is 23.8 Å². The van der Waals surface area contributed by atoms with Crippen LogP contribution in [0.3, 0.4) is 0 Å². The Morgan fingerprint density at radius 1 is 1.27 bits per heavy atom. The summed E-state index contributed by atoms with van der Waals surface area (Å²) in [7, 11) is 1.51. The van der Waals surface area contributed by atoms with E-state index in [1.54, 1.807) is 30.3 Å². The summed E-state index contributed by atoms with van der Waals surface area (Å²) in [5, 5.41) is 0.274. The third kappa shape index (κ3) is 5.54. The summed E-state index contributed by atoms with van der Waals surface area (Å²) < 4.78 is 28.9. The fourth-order valence-corrected chi connectivity index (χ4v) is 2.25. The molecule has 0 aliphatic rings. The molecule has 0 aromatic heterocycles. The van der Waals surface area contributed by atoms with Gasteiger partial charge in [0.15, 0.2) is 18.1 Å². The normalized spacial score (nSPS) is 10.4. The van der Waals surface area contributed by atoms with Crippen LogP contribution in [0.4, 0.5) is 4.39 Å². The third-order valence-corrected chi connectivity index (χ3v) is 3.65. The topological polar surface area (TPSA) is 44.8 Å². The first-order chi connectivity index (χ1) is 12.5. The van der Waals surface area contributed by atoms with E-state index in [0.29, 0.717) is 22.6 Å². The average molecular weight is 375 g/mol. The Morgan fingerprint density at radius 3 is 2.77 bits per heavy atom. The molecular weight excluding hydrogens is 359 g/mol. The third-order valence-electron chi connectivity index (χ3n) is 3.30. The molecule has 0 unspecified atom stereocenters. The predicted molar refractivity (Wildman–Crippen MR) is 97.6 cm³/mol. The fraction of sp³-hybridized carbons (Fsp3) is 0.150. The molecule has 0 aliphatic heterocycles. The Labute approximate surface area is 156 Å². The Bertz CT molecular complexity index is 855. The van der Waals surface area contributed by atoms with Crippen LogP contribution < -0.4 is 9.47 Å². The van der Waals surface area contributed by atoms with Crippen LogP contribution in [-0.2, 0) is 16.1 Å². The minimum absolute atomic E-state index is 0.0847. The number of ether oxygens (including phenoxy) is 3. The number of carbonyl (C=O) groups is 1. The van der Waals surface area contributed by atoms with Crippen molar-refractivity contribution in [3.05, 3.63) is 64.4 Å². The van der Waals surface area contributed by atoms with Crippen LogP contribution >= 0.6 is 11.6 Å². The van der Waals surface area contributed by atoms with Crippen LogP contribution in [0.25, 0.3) is 6.08 Å². The van der Waals surface area contributed by atoms with Crippen LogP contribution in [0, 0.1) is 18.2 Å². The Kier molecular flexibility index (Phi) is 7.07. The van der Waals surface area contributed by atoms with Gasteiger partial charge in [0.05, 0.1) is 12.1 Å². The fourth-order valence-electron chi connectivity index (χ4n) is 2.03. The molecule has 6 heteroatoms. The van der Waals surface area contributed by atoms with Gasteiger partial charge in [-0.05, 0) is 35.9 Å². The summed E-state index contributed by atoms with van der Waals surface area (Å²) >= 11 is 6.00. The highest BCUT2D eigenvalue weighted by molar-refractivity contribution is 6.31. The van der Waals surface area contributed by atoms with E-state index in [-0.39, 0.29) is 18.2 Å². The molecule has 0 saturated carbocycles. The highest BCUT2D eigenvalue weighted by Crippen LogP contribution is 2.30. The number of halogens is 2. The van der Waals surface area contributed by atoms with Gasteiger partial charge in [-0.1, -0.05) is 29.7 Å². The number of esters is 1. The molecule has 134 valence electrons. The monoisotopic (exact) mass is 374 g/mol. The van der Waals surface area contributed by atoms with E-state index < -0.39 is 11.8 Å². The smallest absolute Gasteiger partial charge is 0.331 e. The van der Waals surface area contributed by atoms with E-state index in [1.165, 1.54) is 25.3 Å². The maximum absolute atomic E-state index is 13.1. The molecule has 0 fully saturated rings. The standard InChI is InChI=1S/C20H16ClFO4/c1-3-10-25-20(23)9-5-14-4-8-18(24-2)19(11-14)26-13-15-6-7-16(22)12-17(15)21/h1,4-9,11-12H,10,13H2,2H3/b9-5+. The molecule has 0 saturated heterocycles. The van der Waals surface area contributed by atoms with Crippen molar-refractivity contribution in [1.82, 2.24) is 0 Å². The summed E-state index contributed by atoms with van der Waals surface area (Å²) in [6.45, 7) is 0.0471. The predicted octanol–water partition coefficient (Wildman–Crippen LogP) is 4.26. The minimum atomic E-state index is -0.542. The first-order valence-electron chi connectivity index (χ1n) is 7.56. The molecule has 0 bridgehead atoms. The van der Waals surface area contributed by atoms with Gasteiger partial charge in [0.25, 0.3) is 0 Å². The van der Waals surface area contributed by atoms with Crippen molar-refractivity contribution in [2.75, 3.05) is 13.7 Å². The van der Waals surface area contributed by atoms with Crippen LogP contribution in [0.5, 0.6) is 11.5 Å². The molecule has 0 atom stereocenters. The van der Waals surface area contributed by atoms with Gasteiger partial charge in [-0.2, -0.15) is 0 Å². The van der Waals surface area contributed by atoms with Crippen LogP contribution in [0.2, 0.25) is 5.02 Å². The first kappa shape index (κ1) is 19.4. The van der Waals surface area contributed by atoms with Gasteiger partial charge in [0.1, 0.15) is 12.4 Å². The maximum atomic E-state index is 13.1. The van der Waals surface area contributed by atoms with E-state index in [0.717, 1.165) is 0 Å². The van der Waals surface area contributed by atoms with E-state index in [2.05, 4.69) is 5.92 Å². The first-order valence-corrected chi connectivity index (χ1v) is 7.94. The van der Waals surface area contributed by atoms with Crippen molar-refractivity contribution in [3.63, 3.8) is 0 Å². The lowest BCUT2D eigenvalue weighted by molar-refractivity contribution is -0.136. The largest absolute Gasteiger partial charge is 0.493 e. The number of rotatable bonds is 7. The van der Waals surface area contributed by atoms with Gasteiger partial charge in [-0.15, -0.1) is 6.42 Å². The van der Waals surface area contributed by atoms with Crippen molar-refractivity contribution in [2.24, 2.45) is 0 Å². The number of hydrogen-bond acceptors (Lipinski definition) is 4. The van der Waals surface area contributed by atoms with Gasteiger partial charge >= 0.3 is 5.97 Å². The SMILES string of the molecule is C#CCOC(=O)/C=C/c1ccc(OC)c(OCc2ccc(F)cc2Cl)c1. The van der Waals surface area contributed by atoms with Gasteiger partial charge in [0, 0.05) is 11.6 Å². The lowest BCUT2D eigenvalue weighted by Crippen LogP contribution is -2.00. The lowest BCUT2D eigenvalue weighted by Gasteiger charge is -2.12. The molecule has 26 heavy (non-hydrogen) atoms. The van der Waals surface area contributed by atoms with Crippen molar-refractivity contribution in [2.45, 2.75) is 6.61 Å². The molecule has 2 rings (SSSR count). The van der Waals surface area contributed by atoms with Gasteiger partial charge < -0.3 is 14.2 Å². The van der Waals surface area contributed by atoms with Crippen LogP contribution in [-0.4, -0.2) is 19.7 Å². The number of carbonyl (C=O) groups excluding carboxylic acids is 1. The second-order valence-corrected chi connectivity index (χ2v) is 5.49. The van der Waals surface area contributed by atoms with Gasteiger partial charge in [-0.25, -0.2) is 9.18 Å². The molecule has 0 N–H and O–H groups in total. The summed E-state index contributed by atoms with van der Waals surface area (Å²) in [6.07, 6.45) is 7.85. The quantitative estimate of drug-likeness (QED) is 0.413. The van der Waals surface area contributed by atoms with E-state index in [4.69, 9.17) is 32.2 Å². The number of terminal acetylenes is 1. The van der Waals surface area contributed by atoms with Crippen LogP contribution in [0.15, 0.2) is 42.5 Å². The molecule has 4 nitrogen and oxygen atoms in total. The molecule has 0 heterocycles. The zero-order valence-corrected chi connectivity index (χ0v) is 14.8. The van der Waals surface area contributed by atoms with Crippen LogP contribution in [0.1, 0.15) is 11.1 Å². The molecule has 0 spiro atoms. The Hall–Kier alpha value is -2.97. The van der Waals surface area contributed by atoms with Crippen molar-refractivity contribution >= 4 is 23.6 Å². The molecule has 0 amide bonds. The zero-order chi connectivity index (χ0) is 18.9. The van der Waals surface area contributed by atoms with Gasteiger partial charge in [-0.3, -0.25) is 0 Å². The molecule has 0 radical (unpaired) electrons. The van der Waals surface area contributed by atoms with E-state index in [9.17, 15) is 9.18 Å². The van der Waals surface area contributed by atoms with Gasteiger partial charge in [0.2, 0.25) is 0 Å². The van der Waals surface area contributed by atoms with E-state index in [1.807, 2.05) is 0 Å². The second kappa shape index (κ2) is 9.50. The number of methoxy groups -OCH3 is 1. The zero-order valence-electron chi connectivity index (χ0n) is 14.0.